The van der Waals surface area contributed by atoms with E-state index in [1.807, 2.05) is 4.90 Å². The van der Waals surface area contributed by atoms with Gasteiger partial charge in [0.15, 0.2) is 11.6 Å². The fourth-order valence-electron chi connectivity index (χ4n) is 2.40. The molecule has 5 heteroatoms. The Labute approximate surface area is 107 Å². The largest absolute Gasteiger partial charge is 0.384 e. The molecule has 0 radical (unpaired) electrons. The first-order valence-electron chi connectivity index (χ1n) is 6.33. The summed E-state index contributed by atoms with van der Waals surface area (Å²) in [6.45, 7) is 2.64. The predicted octanol–water partition coefficient (Wildman–Crippen LogP) is 1.54. The minimum atomic E-state index is -0.273. The van der Waals surface area contributed by atoms with Gasteiger partial charge < -0.3 is 15.4 Å². The van der Waals surface area contributed by atoms with Crippen molar-refractivity contribution in [2.45, 2.75) is 19.4 Å². The zero-order valence-electron chi connectivity index (χ0n) is 10.7. The molecule has 0 aliphatic carbocycles. The number of methoxy groups -OCH3 is 1. The first kappa shape index (κ1) is 13.2. The molecule has 0 unspecified atom stereocenters. The molecule has 1 aliphatic rings. The van der Waals surface area contributed by atoms with Gasteiger partial charge in [0.2, 0.25) is 0 Å². The molecule has 4 nitrogen and oxygen atoms in total. The molecule has 0 bridgehead atoms. The van der Waals surface area contributed by atoms with Crippen LogP contribution in [-0.2, 0) is 11.3 Å². The number of hydrogen-bond acceptors (Lipinski definition) is 4. The van der Waals surface area contributed by atoms with Crippen molar-refractivity contribution in [2.75, 3.05) is 31.7 Å². The molecule has 0 saturated carbocycles. The number of ether oxygens (including phenoxy) is 1. The van der Waals surface area contributed by atoms with Gasteiger partial charge in [0, 0.05) is 45.1 Å². The summed E-state index contributed by atoms with van der Waals surface area (Å²) in [6.07, 6.45) is 3.66. The maximum absolute atomic E-state index is 14.1. The summed E-state index contributed by atoms with van der Waals surface area (Å²) in [7, 11) is 1.72. The van der Waals surface area contributed by atoms with Gasteiger partial charge in [0.05, 0.1) is 0 Å². The summed E-state index contributed by atoms with van der Waals surface area (Å²) in [5.41, 5.74) is 6.03. The number of piperidine rings is 1. The van der Waals surface area contributed by atoms with Crippen LogP contribution in [0.3, 0.4) is 0 Å². The second-order valence-electron chi connectivity index (χ2n) is 4.70. The summed E-state index contributed by atoms with van der Waals surface area (Å²) in [4.78, 5) is 6.15. The van der Waals surface area contributed by atoms with E-state index in [2.05, 4.69) is 4.98 Å². The van der Waals surface area contributed by atoms with Gasteiger partial charge >= 0.3 is 0 Å². The zero-order valence-corrected chi connectivity index (χ0v) is 10.7. The van der Waals surface area contributed by atoms with Crippen LogP contribution in [0, 0.1) is 11.7 Å². The van der Waals surface area contributed by atoms with Crippen molar-refractivity contribution >= 4 is 5.82 Å². The molecule has 1 aromatic heterocycles. The number of halogens is 1. The third-order valence-electron chi connectivity index (χ3n) is 3.49. The highest BCUT2D eigenvalue weighted by molar-refractivity contribution is 5.43. The quantitative estimate of drug-likeness (QED) is 0.884. The van der Waals surface area contributed by atoms with E-state index >= 15 is 0 Å². The molecule has 2 N–H and O–H groups in total. The normalized spacial score (nSPS) is 17.2. The second-order valence-corrected chi connectivity index (χ2v) is 4.70. The number of rotatable bonds is 4. The third-order valence-corrected chi connectivity index (χ3v) is 3.49. The lowest BCUT2D eigenvalue weighted by Crippen LogP contribution is -2.36. The van der Waals surface area contributed by atoms with Gasteiger partial charge in [-0.05, 0) is 24.8 Å². The van der Waals surface area contributed by atoms with E-state index in [0.29, 0.717) is 17.3 Å². The highest BCUT2D eigenvalue weighted by Gasteiger charge is 2.22. The summed E-state index contributed by atoms with van der Waals surface area (Å²) < 4.78 is 19.3. The van der Waals surface area contributed by atoms with Crippen LogP contribution in [0.1, 0.15) is 18.4 Å². The van der Waals surface area contributed by atoms with Crippen molar-refractivity contribution < 1.29 is 9.13 Å². The van der Waals surface area contributed by atoms with Crippen molar-refractivity contribution in [3.63, 3.8) is 0 Å². The van der Waals surface area contributed by atoms with E-state index in [-0.39, 0.29) is 12.4 Å². The summed E-state index contributed by atoms with van der Waals surface area (Å²) in [5.74, 6) is 0.742. The Bertz CT molecular complexity index is 392. The number of hydrogen-bond donors (Lipinski definition) is 1. The van der Waals surface area contributed by atoms with Gasteiger partial charge in [-0.2, -0.15) is 0 Å². The van der Waals surface area contributed by atoms with Crippen molar-refractivity contribution in [2.24, 2.45) is 11.7 Å². The van der Waals surface area contributed by atoms with E-state index in [1.165, 1.54) is 0 Å². The molecule has 1 aromatic rings. The fraction of sp³-hybridized carbons (Fsp3) is 0.615. The van der Waals surface area contributed by atoms with Crippen LogP contribution in [0.4, 0.5) is 10.2 Å². The van der Waals surface area contributed by atoms with E-state index in [1.54, 1.807) is 19.4 Å². The summed E-state index contributed by atoms with van der Waals surface area (Å²) in [6, 6.07) is 1.64. The monoisotopic (exact) mass is 253 g/mol. The van der Waals surface area contributed by atoms with E-state index in [9.17, 15) is 4.39 Å². The summed E-state index contributed by atoms with van der Waals surface area (Å²) >= 11 is 0. The molecule has 2 heterocycles. The number of nitrogens with zero attached hydrogens (tertiary/aromatic N) is 2. The number of anilines is 1. The molecule has 0 atom stereocenters. The smallest absolute Gasteiger partial charge is 0.170 e. The Hall–Kier alpha value is -1.20. The molecule has 1 saturated heterocycles. The average molecular weight is 253 g/mol. The molecule has 18 heavy (non-hydrogen) atoms. The third kappa shape index (κ3) is 2.79. The second kappa shape index (κ2) is 6.11. The van der Waals surface area contributed by atoms with Crippen molar-refractivity contribution in [3.8, 4) is 0 Å². The Kier molecular flexibility index (Phi) is 4.49. The Morgan fingerprint density at radius 2 is 2.22 bits per heavy atom. The molecule has 2 rings (SSSR count). The van der Waals surface area contributed by atoms with Crippen molar-refractivity contribution in [3.05, 3.63) is 23.6 Å². The molecular weight excluding hydrogens is 233 g/mol. The van der Waals surface area contributed by atoms with Gasteiger partial charge in [-0.15, -0.1) is 0 Å². The maximum atomic E-state index is 14.1. The average Bonchev–Trinajstić information content (AvgIpc) is 2.41. The zero-order chi connectivity index (χ0) is 13.0. The Morgan fingerprint density at radius 1 is 1.50 bits per heavy atom. The number of nitrogens with two attached hydrogens (primary N) is 1. The lowest BCUT2D eigenvalue weighted by molar-refractivity contribution is 0.139. The van der Waals surface area contributed by atoms with Crippen LogP contribution >= 0.6 is 0 Å². The lowest BCUT2D eigenvalue weighted by Gasteiger charge is -2.32. The first-order valence-corrected chi connectivity index (χ1v) is 6.33. The highest BCUT2D eigenvalue weighted by atomic mass is 19.1. The van der Waals surface area contributed by atoms with E-state index < -0.39 is 0 Å². The number of pyridine rings is 1. The highest BCUT2D eigenvalue weighted by Crippen LogP contribution is 2.25. The molecule has 0 aromatic carbocycles. The van der Waals surface area contributed by atoms with Crippen molar-refractivity contribution in [1.82, 2.24) is 4.98 Å². The minimum Gasteiger partial charge on any atom is -0.384 e. The topological polar surface area (TPSA) is 51.4 Å². The molecule has 1 aliphatic heterocycles. The van der Waals surface area contributed by atoms with Gasteiger partial charge in [-0.3, -0.25) is 0 Å². The van der Waals surface area contributed by atoms with Gasteiger partial charge in [-0.1, -0.05) is 0 Å². The molecule has 0 amide bonds. The standard InChI is InChI=1S/C13H20FN3O/c1-18-9-10-3-6-17(7-4-10)13-12(14)11(8-15)2-5-16-13/h2,5,10H,3-4,6-9,15H2,1H3. The van der Waals surface area contributed by atoms with Crippen molar-refractivity contribution in [1.29, 1.82) is 0 Å². The molecule has 0 spiro atoms. The summed E-state index contributed by atoms with van der Waals surface area (Å²) in [5, 5.41) is 0. The molecule has 100 valence electrons. The maximum Gasteiger partial charge on any atom is 0.170 e. The van der Waals surface area contributed by atoms with Crippen LogP contribution in [0.5, 0.6) is 0 Å². The van der Waals surface area contributed by atoms with E-state index in [4.69, 9.17) is 10.5 Å². The fourth-order valence-corrected chi connectivity index (χ4v) is 2.40. The van der Waals surface area contributed by atoms with Crippen LogP contribution in [0.2, 0.25) is 0 Å². The Balaban J connectivity index is 2.05. The first-order chi connectivity index (χ1) is 8.76. The molecule has 1 fully saturated rings. The molecular formula is C13H20FN3O. The lowest BCUT2D eigenvalue weighted by atomic mass is 9.98. The van der Waals surface area contributed by atoms with Crippen LogP contribution < -0.4 is 10.6 Å². The number of aromatic nitrogens is 1. The Morgan fingerprint density at radius 3 is 2.83 bits per heavy atom. The SMILES string of the molecule is COCC1CCN(c2nccc(CN)c2F)CC1. The van der Waals surface area contributed by atoms with Crippen LogP contribution in [-0.4, -0.2) is 31.8 Å². The minimum absolute atomic E-state index is 0.210. The van der Waals surface area contributed by atoms with Gasteiger partial charge in [0.1, 0.15) is 0 Å². The van der Waals surface area contributed by atoms with Crippen LogP contribution in [0.15, 0.2) is 12.3 Å². The van der Waals surface area contributed by atoms with Crippen LogP contribution in [0.25, 0.3) is 0 Å². The van der Waals surface area contributed by atoms with E-state index in [0.717, 1.165) is 32.5 Å². The predicted molar refractivity (Wildman–Crippen MR) is 68.9 cm³/mol. The van der Waals surface area contributed by atoms with Gasteiger partial charge in [-0.25, -0.2) is 9.37 Å². The van der Waals surface area contributed by atoms with Gasteiger partial charge in [0.25, 0.3) is 0 Å².